The molecule has 2 rings (SSSR count). The van der Waals surface area contributed by atoms with Gasteiger partial charge in [0.1, 0.15) is 5.76 Å². The standard InChI is InChI=1S/C16H15N3O6/c1-24-16(23)11-6-4-10(5-7-11)13(20)18-19-15(22)14(21)17-9-12-3-2-8-25-12/h2-8H,9H2,1H3,(H,17,21)(H,18,20)(H,19,22). The van der Waals surface area contributed by atoms with Crippen molar-refractivity contribution < 1.29 is 28.3 Å². The number of furan rings is 1. The average molecular weight is 345 g/mol. The Bertz CT molecular complexity index is 768. The molecule has 0 bridgehead atoms. The third-order valence-electron chi connectivity index (χ3n) is 3.07. The molecule has 0 atom stereocenters. The predicted molar refractivity (Wildman–Crippen MR) is 83.9 cm³/mol. The van der Waals surface area contributed by atoms with Gasteiger partial charge in [-0.15, -0.1) is 0 Å². The van der Waals surface area contributed by atoms with Crippen molar-refractivity contribution in [1.82, 2.24) is 16.2 Å². The fourth-order valence-corrected chi connectivity index (χ4v) is 1.78. The second kappa shape index (κ2) is 8.29. The Morgan fingerprint density at radius 3 is 2.24 bits per heavy atom. The number of hydrazine groups is 1. The van der Waals surface area contributed by atoms with E-state index in [2.05, 4.69) is 15.5 Å². The molecule has 0 spiro atoms. The molecular weight excluding hydrogens is 330 g/mol. The molecule has 9 nitrogen and oxygen atoms in total. The van der Waals surface area contributed by atoms with Gasteiger partial charge in [0.15, 0.2) is 0 Å². The maximum Gasteiger partial charge on any atom is 0.337 e. The van der Waals surface area contributed by atoms with E-state index in [1.807, 2.05) is 5.43 Å². The fraction of sp³-hybridized carbons (Fsp3) is 0.125. The van der Waals surface area contributed by atoms with Gasteiger partial charge in [0.25, 0.3) is 5.91 Å². The first-order valence-corrected chi connectivity index (χ1v) is 7.10. The summed E-state index contributed by atoms with van der Waals surface area (Å²) in [5, 5.41) is 2.33. The maximum atomic E-state index is 11.9. The molecule has 3 N–H and O–H groups in total. The van der Waals surface area contributed by atoms with Crippen molar-refractivity contribution >= 4 is 23.7 Å². The van der Waals surface area contributed by atoms with Gasteiger partial charge < -0.3 is 14.5 Å². The smallest absolute Gasteiger partial charge is 0.337 e. The predicted octanol–water partition coefficient (Wildman–Crippen LogP) is 0.144. The largest absolute Gasteiger partial charge is 0.467 e. The molecule has 0 saturated heterocycles. The molecule has 1 aromatic heterocycles. The highest BCUT2D eigenvalue weighted by atomic mass is 16.5. The van der Waals surface area contributed by atoms with Crippen LogP contribution in [-0.4, -0.2) is 30.8 Å². The lowest BCUT2D eigenvalue weighted by Gasteiger charge is -2.08. The molecule has 0 saturated carbocycles. The van der Waals surface area contributed by atoms with Crippen LogP contribution in [0.25, 0.3) is 0 Å². The number of carbonyl (C=O) groups excluding carboxylic acids is 4. The molecule has 130 valence electrons. The van der Waals surface area contributed by atoms with Crippen LogP contribution in [0.15, 0.2) is 47.1 Å². The Hall–Kier alpha value is -3.62. The lowest BCUT2D eigenvalue weighted by Crippen LogP contribution is -2.48. The van der Waals surface area contributed by atoms with Crippen molar-refractivity contribution in [2.24, 2.45) is 0 Å². The van der Waals surface area contributed by atoms with Gasteiger partial charge in [-0.05, 0) is 36.4 Å². The number of hydrogen-bond acceptors (Lipinski definition) is 6. The minimum absolute atomic E-state index is 0.0438. The summed E-state index contributed by atoms with van der Waals surface area (Å²) >= 11 is 0. The third kappa shape index (κ3) is 4.93. The van der Waals surface area contributed by atoms with Gasteiger partial charge in [-0.25, -0.2) is 4.79 Å². The van der Waals surface area contributed by atoms with Crippen LogP contribution < -0.4 is 16.2 Å². The highest BCUT2D eigenvalue weighted by Crippen LogP contribution is 2.05. The van der Waals surface area contributed by atoms with Crippen molar-refractivity contribution in [1.29, 1.82) is 0 Å². The van der Waals surface area contributed by atoms with Gasteiger partial charge in [0, 0.05) is 5.56 Å². The van der Waals surface area contributed by atoms with E-state index in [9.17, 15) is 19.2 Å². The second-order valence-corrected chi connectivity index (χ2v) is 4.74. The lowest BCUT2D eigenvalue weighted by atomic mass is 10.1. The molecule has 1 aromatic carbocycles. The molecule has 0 fully saturated rings. The topological polar surface area (TPSA) is 127 Å². The SMILES string of the molecule is COC(=O)c1ccc(C(=O)NNC(=O)C(=O)NCc2ccco2)cc1. The molecule has 0 aliphatic rings. The number of rotatable bonds is 4. The summed E-state index contributed by atoms with van der Waals surface area (Å²) in [5.74, 6) is -2.67. The highest BCUT2D eigenvalue weighted by molar-refractivity contribution is 6.35. The summed E-state index contributed by atoms with van der Waals surface area (Å²) < 4.78 is 9.55. The monoisotopic (exact) mass is 345 g/mol. The summed E-state index contributed by atoms with van der Waals surface area (Å²) in [7, 11) is 1.25. The number of methoxy groups -OCH3 is 1. The number of benzene rings is 1. The van der Waals surface area contributed by atoms with E-state index >= 15 is 0 Å². The Morgan fingerprint density at radius 2 is 1.64 bits per heavy atom. The van der Waals surface area contributed by atoms with Crippen molar-refractivity contribution in [3.8, 4) is 0 Å². The molecule has 0 radical (unpaired) electrons. The van der Waals surface area contributed by atoms with Crippen LogP contribution >= 0.6 is 0 Å². The number of hydrogen-bond donors (Lipinski definition) is 3. The van der Waals surface area contributed by atoms with Crippen LogP contribution in [0.1, 0.15) is 26.5 Å². The van der Waals surface area contributed by atoms with Crippen LogP contribution in [0.2, 0.25) is 0 Å². The third-order valence-corrected chi connectivity index (χ3v) is 3.07. The molecular formula is C16H15N3O6. The zero-order chi connectivity index (χ0) is 18.2. The number of nitrogens with one attached hydrogen (secondary N) is 3. The van der Waals surface area contributed by atoms with Gasteiger partial charge in [0.2, 0.25) is 0 Å². The molecule has 1 heterocycles. The number of esters is 1. The van der Waals surface area contributed by atoms with Crippen molar-refractivity contribution in [2.45, 2.75) is 6.54 Å². The number of carbonyl (C=O) groups is 4. The zero-order valence-corrected chi connectivity index (χ0v) is 13.2. The van der Waals surface area contributed by atoms with Gasteiger partial charge in [-0.1, -0.05) is 0 Å². The summed E-state index contributed by atoms with van der Waals surface area (Å²) in [5.41, 5.74) is 4.55. The van der Waals surface area contributed by atoms with E-state index in [-0.39, 0.29) is 17.7 Å². The molecule has 0 aliphatic carbocycles. The molecule has 0 aliphatic heterocycles. The van der Waals surface area contributed by atoms with Crippen LogP contribution in [0.4, 0.5) is 0 Å². The van der Waals surface area contributed by atoms with Crippen LogP contribution in [0.5, 0.6) is 0 Å². The molecule has 25 heavy (non-hydrogen) atoms. The minimum Gasteiger partial charge on any atom is -0.467 e. The minimum atomic E-state index is -1.04. The van der Waals surface area contributed by atoms with E-state index in [4.69, 9.17) is 4.42 Å². The first-order valence-electron chi connectivity index (χ1n) is 7.10. The Balaban J connectivity index is 1.81. The zero-order valence-electron chi connectivity index (χ0n) is 13.2. The van der Waals surface area contributed by atoms with Gasteiger partial charge >= 0.3 is 17.8 Å². The van der Waals surface area contributed by atoms with Crippen molar-refractivity contribution in [3.05, 3.63) is 59.5 Å². The van der Waals surface area contributed by atoms with Crippen LogP contribution in [-0.2, 0) is 20.9 Å². The Labute approximate surface area is 142 Å². The van der Waals surface area contributed by atoms with Crippen LogP contribution in [0, 0.1) is 0 Å². The highest BCUT2D eigenvalue weighted by Gasteiger charge is 2.15. The Kier molecular flexibility index (Phi) is 5.88. The first kappa shape index (κ1) is 17.7. The number of ether oxygens (including phenoxy) is 1. The molecule has 2 aromatic rings. The number of amides is 3. The van der Waals surface area contributed by atoms with E-state index in [0.29, 0.717) is 5.76 Å². The van der Waals surface area contributed by atoms with Gasteiger partial charge in [-0.2, -0.15) is 0 Å². The molecule has 9 heteroatoms. The van der Waals surface area contributed by atoms with Crippen molar-refractivity contribution in [2.75, 3.05) is 7.11 Å². The summed E-state index contributed by atoms with van der Waals surface area (Å²) in [6, 6.07) is 8.85. The summed E-state index contributed by atoms with van der Waals surface area (Å²) in [6.45, 7) is 0.0438. The van der Waals surface area contributed by atoms with E-state index < -0.39 is 23.7 Å². The second-order valence-electron chi connectivity index (χ2n) is 4.74. The molecule has 0 unspecified atom stereocenters. The average Bonchev–Trinajstić information content (AvgIpc) is 3.16. The van der Waals surface area contributed by atoms with E-state index in [0.717, 1.165) is 0 Å². The molecule has 3 amide bonds. The summed E-state index contributed by atoms with van der Waals surface area (Å²) in [6.07, 6.45) is 1.44. The van der Waals surface area contributed by atoms with Gasteiger partial charge in [-0.3, -0.25) is 25.2 Å². The summed E-state index contributed by atoms with van der Waals surface area (Å²) in [4.78, 5) is 46.3. The lowest BCUT2D eigenvalue weighted by molar-refractivity contribution is -0.139. The Morgan fingerprint density at radius 1 is 0.960 bits per heavy atom. The normalized spacial score (nSPS) is 9.80. The van der Waals surface area contributed by atoms with Crippen LogP contribution in [0.3, 0.4) is 0 Å². The van der Waals surface area contributed by atoms with E-state index in [1.54, 1.807) is 12.1 Å². The maximum absolute atomic E-state index is 11.9. The van der Waals surface area contributed by atoms with E-state index in [1.165, 1.54) is 37.6 Å². The fourth-order valence-electron chi connectivity index (χ4n) is 1.78. The van der Waals surface area contributed by atoms with Crippen molar-refractivity contribution in [3.63, 3.8) is 0 Å². The first-order chi connectivity index (χ1) is 12.0. The quantitative estimate of drug-likeness (QED) is 0.411. The van der Waals surface area contributed by atoms with Gasteiger partial charge in [0.05, 0.1) is 25.5 Å².